The van der Waals surface area contributed by atoms with Crippen LogP contribution in [0.3, 0.4) is 0 Å². The molecule has 9 heteroatoms. The van der Waals surface area contributed by atoms with Crippen LogP contribution in [0.2, 0.25) is 10.0 Å². The Morgan fingerprint density at radius 2 is 1.32 bits per heavy atom. The summed E-state index contributed by atoms with van der Waals surface area (Å²) in [7, 11) is 0. The average Bonchev–Trinajstić information content (AvgIpc) is 2.93. The second-order valence-electron chi connectivity index (χ2n) is 10.5. The molecule has 188 valence electrons. The van der Waals surface area contributed by atoms with Gasteiger partial charge in [0.2, 0.25) is 0 Å². The summed E-state index contributed by atoms with van der Waals surface area (Å²) >= 11 is 18.5. The lowest BCUT2D eigenvalue weighted by atomic mass is 9.42. The zero-order valence-corrected chi connectivity index (χ0v) is 22.7. The van der Waals surface area contributed by atoms with Crippen LogP contribution in [-0.2, 0) is 0 Å². The number of aliphatic imine (C=N–C) groups is 1. The maximum absolute atomic E-state index is 11.1. The van der Waals surface area contributed by atoms with Gasteiger partial charge in [0, 0.05) is 39.9 Å². The number of nitrogens with zero attached hydrogens (tertiary/aromatic N) is 6. The molecule has 1 spiro atoms. The second kappa shape index (κ2) is 8.88. The highest BCUT2D eigenvalue weighted by Gasteiger charge is 2.75. The Bertz CT molecular complexity index is 1360. The standard InChI is InChI=1S/C28H26Cl2N6S/c29-20-4-8-22(9-5-20)34-16-26(14-31)24-33-18-35(23-10-6-21(30)7-11-23)19-36(24)25(37)27(15-32,17-34)28(26)12-2-1-3-13-28/h4-11H,1-3,12-13,16-19H2/t26-,27+/m0/s1. The number of anilines is 2. The van der Waals surface area contributed by atoms with Gasteiger partial charge >= 0.3 is 0 Å². The largest absolute Gasteiger partial charge is 0.367 e. The minimum absolute atomic E-state index is 0.413. The van der Waals surface area contributed by atoms with Crippen LogP contribution >= 0.6 is 35.4 Å². The van der Waals surface area contributed by atoms with Gasteiger partial charge in [-0.05, 0) is 61.4 Å². The Balaban J connectivity index is 1.52. The summed E-state index contributed by atoms with van der Waals surface area (Å²) < 4.78 is 0. The summed E-state index contributed by atoms with van der Waals surface area (Å²) in [6.45, 7) is 1.77. The van der Waals surface area contributed by atoms with Gasteiger partial charge in [0.05, 0.1) is 18.8 Å². The van der Waals surface area contributed by atoms with E-state index < -0.39 is 16.2 Å². The van der Waals surface area contributed by atoms with Crippen LogP contribution in [0.4, 0.5) is 11.4 Å². The second-order valence-corrected chi connectivity index (χ2v) is 11.8. The minimum atomic E-state index is -1.00. The van der Waals surface area contributed by atoms with Gasteiger partial charge in [-0.3, -0.25) is 0 Å². The lowest BCUT2D eigenvalue weighted by molar-refractivity contribution is -0.0223. The predicted octanol–water partition coefficient (Wildman–Crippen LogP) is 6.26. The van der Waals surface area contributed by atoms with Gasteiger partial charge < -0.3 is 14.7 Å². The van der Waals surface area contributed by atoms with Gasteiger partial charge in [-0.1, -0.05) is 54.7 Å². The van der Waals surface area contributed by atoms with Gasteiger partial charge in [-0.25, -0.2) is 4.99 Å². The number of halogens is 2. The summed E-state index contributed by atoms with van der Waals surface area (Å²) in [6, 6.07) is 20.8. The number of piperidine rings is 2. The molecule has 1 saturated carbocycles. The predicted molar refractivity (Wildman–Crippen MR) is 151 cm³/mol. The molecule has 6 rings (SSSR count). The van der Waals surface area contributed by atoms with Crippen LogP contribution in [0.1, 0.15) is 32.1 Å². The van der Waals surface area contributed by atoms with E-state index in [-0.39, 0.29) is 0 Å². The van der Waals surface area contributed by atoms with Crippen LogP contribution in [0, 0.1) is 38.9 Å². The minimum Gasteiger partial charge on any atom is -0.367 e. The molecule has 37 heavy (non-hydrogen) atoms. The fourth-order valence-corrected chi connectivity index (χ4v) is 7.87. The number of rotatable bonds is 2. The monoisotopic (exact) mass is 548 g/mol. The number of fused-ring (bicyclic) bond motifs is 2. The van der Waals surface area contributed by atoms with Crippen LogP contribution in [0.5, 0.6) is 0 Å². The van der Waals surface area contributed by atoms with E-state index in [1.165, 1.54) is 0 Å². The summed E-state index contributed by atoms with van der Waals surface area (Å²) in [5, 5.41) is 23.4. The maximum Gasteiger partial charge on any atom is 0.140 e. The summed E-state index contributed by atoms with van der Waals surface area (Å²) in [5.74, 6) is 0.719. The first-order valence-electron chi connectivity index (χ1n) is 12.6. The van der Waals surface area contributed by atoms with Crippen molar-refractivity contribution in [1.29, 1.82) is 10.5 Å². The Labute approximate surface area is 232 Å². The first kappa shape index (κ1) is 24.5. The molecule has 0 radical (unpaired) electrons. The highest BCUT2D eigenvalue weighted by Crippen LogP contribution is 2.67. The van der Waals surface area contributed by atoms with E-state index >= 15 is 0 Å². The molecule has 4 aliphatic rings. The fraction of sp³-hybridized carbons (Fsp3) is 0.429. The lowest BCUT2D eigenvalue weighted by Gasteiger charge is -2.68. The van der Waals surface area contributed by atoms with Crippen molar-refractivity contribution in [2.45, 2.75) is 32.1 Å². The average molecular weight is 550 g/mol. The van der Waals surface area contributed by atoms with E-state index in [4.69, 9.17) is 40.4 Å². The number of hydrogen-bond donors (Lipinski definition) is 0. The number of benzene rings is 2. The number of nitriles is 2. The van der Waals surface area contributed by atoms with Gasteiger partial charge in [0.25, 0.3) is 0 Å². The smallest absolute Gasteiger partial charge is 0.140 e. The lowest BCUT2D eigenvalue weighted by Crippen LogP contribution is -2.79. The van der Waals surface area contributed by atoms with Crippen molar-refractivity contribution in [3.05, 3.63) is 58.6 Å². The molecule has 2 aromatic rings. The topological polar surface area (TPSA) is 69.7 Å². The van der Waals surface area contributed by atoms with E-state index in [9.17, 15) is 10.5 Å². The highest BCUT2D eigenvalue weighted by atomic mass is 35.5. The van der Waals surface area contributed by atoms with E-state index in [1.807, 2.05) is 53.4 Å². The van der Waals surface area contributed by atoms with Crippen molar-refractivity contribution in [2.24, 2.45) is 21.2 Å². The molecule has 0 N–H and O–H groups in total. The molecule has 0 aromatic heterocycles. The Hall–Kier alpha value is -2.84. The fourth-order valence-electron chi connectivity index (χ4n) is 7.17. The third kappa shape index (κ3) is 3.34. The zero-order chi connectivity index (χ0) is 25.8. The molecule has 2 aromatic carbocycles. The van der Waals surface area contributed by atoms with Gasteiger partial charge in [0.15, 0.2) is 0 Å². The van der Waals surface area contributed by atoms with Crippen LogP contribution < -0.4 is 9.80 Å². The van der Waals surface area contributed by atoms with Crippen LogP contribution in [0.15, 0.2) is 53.5 Å². The van der Waals surface area contributed by atoms with Gasteiger partial charge in [-0.15, -0.1) is 0 Å². The molecular weight excluding hydrogens is 523 g/mol. The summed E-state index contributed by atoms with van der Waals surface area (Å²) in [5.41, 5.74) is -0.629. The van der Waals surface area contributed by atoms with Crippen molar-refractivity contribution in [3.63, 3.8) is 0 Å². The Morgan fingerprint density at radius 1 is 0.784 bits per heavy atom. The van der Waals surface area contributed by atoms with Gasteiger partial charge in [0.1, 0.15) is 28.3 Å². The van der Waals surface area contributed by atoms with E-state index in [1.54, 1.807) is 0 Å². The van der Waals surface area contributed by atoms with E-state index in [0.29, 0.717) is 41.5 Å². The van der Waals surface area contributed by atoms with Crippen LogP contribution in [0.25, 0.3) is 0 Å². The highest BCUT2D eigenvalue weighted by molar-refractivity contribution is 7.80. The molecule has 6 nitrogen and oxygen atoms in total. The molecular formula is C28H26Cl2N6S. The van der Waals surface area contributed by atoms with Gasteiger partial charge in [-0.2, -0.15) is 10.5 Å². The quantitative estimate of drug-likeness (QED) is 0.412. The number of hydrogen-bond acceptors (Lipinski definition) is 6. The normalized spacial score (nSPS) is 28.3. The molecule has 2 saturated heterocycles. The third-order valence-electron chi connectivity index (χ3n) is 8.91. The number of thiocarbonyl (C=S) groups is 1. The van der Waals surface area contributed by atoms with Crippen molar-refractivity contribution < 1.29 is 0 Å². The first-order valence-corrected chi connectivity index (χ1v) is 13.8. The van der Waals surface area contributed by atoms with Crippen molar-refractivity contribution in [2.75, 3.05) is 36.2 Å². The molecule has 0 unspecified atom stereocenters. The molecule has 2 atom stereocenters. The maximum atomic E-state index is 11.1. The molecule has 0 amide bonds. The summed E-state index contributed by atoms with van der Waals surface area (Å²) in [4.78, 5) is 11.9. The molecule has 1 aliphatic carbocycles. The number of amidine groups is 1. The first-order chi connectivity index (χ1) is 17.9. The van der Waals surface area contributed by atoms with E-state index in [0.717, 1.165) is 49.3 Å². The molecule has 3 fully saturated rings. The summed E-state index contributed by atoms with van der Waals surface area (Å²) in [6.07, 6.45) is 4.69. The zero-order valence-electron chi connectivity index (χ0n) is 20.3. The van der Waals surface area contributed by atoms with Crippen molar-refractivity contribution in [1.82, 2.24) is 4.90 Å². The molecule has 3 aliphatic heterocycles. The van der Waals surface area contributed by atoms with Crippen LogP contribution in [-0.4, -0.2) is 42.2 Å². The SMILES string of the molecule is N#C[C@]12CN(c3ccc(Cl)cc3)C[C@](C#N)(C(=S)N3CN(c4ccc(Cl)cc4)CN=C31)C21CCCCC1. The third-order valence-corrected chi connectivity index (χ3v) is 9.99. The Kier molecular flexibility index (Phi) is 5.88. The van der Waals surface area contributed by atoms with Crippen molar-refractivity contribution >= 4 is 57.6 Å². The molecule has 3 heterocycles. The van der Waals surface area contributed by atoms with E-state index in [2.05, 4.69) is 21.9 Å². The Morgan fingerprint density at radius 3 is 1.89 bits per heavy atom. The van der Waals surface area contributed by atoms with Crippen molar-refractivity contribution in [3.8, 4) is 12.1 Å². The molecule has 2 bridgehead atoms.